The summed E-state index contributed by atoms with van der Waals surface area (Å²) in [4.78, 5) is 22.1. The molecule has 0 unspecified atom stereocenters. The fraction of sp³-hybridized carbons (Fsp3) is 0.0909. The number of carbonyl (C=O) groups is 1. The number of nitrogens with two attached hydrogens (primary N) is 1. The minimum atomic E-state index is -0.542. The summed E-state index contributed by atoms with van der Waals surface area (Å²) in [6, 6.07) is 6.49. The Bertz CT molecular complexity index is 598. The van der Waals surface area contributed by atoms with Crippen LogP contribution in [0.25, 0.3) is 11.0 Å². The van der Waals surface area contributed by atoms with E-state index in [2.05, 4.69) is 0 Å². The summed E-state index contributed by atoms with van der Waals surface area (Å²) in [7, 11) is 0. The minimum absolute atomic E-state index is 0.328. The van der Waals surface area contributed by atoms with Gasteiger partial charge in [-0.2, -0.15) is 0 Å². The molecular formula is C11H9NO3. The van der Waals surface area contributed by atoms with Crippen LogP contribution in [-0.4, -0.2) is 5.91 Å². The molecule has 0 saturated heterocycles. The van der Waals surface area contributed by atoms with Gasteiger partial charge in [-0.15, -0.1) is 0 Å². The van der Waals surface area contributed by atoms with E-state index in [1.807, 2.05) is 0 Å². The first-order valence-electron chi connectivity index (χ1n) is 4.42. The van der Waals surface area contributed by atoms with Gasteiger partial charge in [0.05, 0.1) is 0 Å². The van der Waals surface area contributed by atoms with Gasteiger partial charge in [0.2, 0.25) is 5.91 Å². The molecule has 1 heterocycles. The number of fused-ring (bicyclic) bond motifs is 1. The van der Waals surface area contributed by atoms with E-state index in [1.54, 1.807) is 25.1 Å². The van der Waals surface area contributed by atoms with Gasteiger partial charge in [0.1, 0.15) is 5.58 Å². The van der Waals surface area contributed by atoms with Crippen molar-refractivity contribution in [1.29, 1.82) is 0 Å². The first kappa shape index (κ1) is 9.45. The zero-order valence-corrected chi connectivity index (χ0v) is 8.11. The maximum absolute atomic E-state index is 11.2. The number of primary amides is 1. The van der Waals surface area contributed by atoms with Crippen LogP contribution in [0.1, 0.15) is 15.9 Å². The highest BCUT2D eigenvalue weighted by Gasteiger charge is 2.05. The third-order valence-electron chi connectivity index (χ3n) is 2.19. The molecule has 4 heteroatoms. The zero-order chi connectivity index (χ0) is 11.0. The smallest absolute Gasteiger partial charge is 0.339 e. The Kier molecular flexibility index (Phi) is 2.04. The Morgan fingerprint density at radius 2 is 2.07 bits per heavy atom. The summed E-state index contributed by atoms with van der Waals surface area (Å²) < 4.78 is 5.02. The fourth-order valence-corrected chi connectivity index (χ4v) is 1.37. The van der Waals surface area contributed by atoms with Gasteiger partial charge in [-0.3, -0.25) is 4.79 Å². The van der Waals surface area contributed by atoms with Crippen molar-refractivity contribution >= 4 is 16.9 Å². The van der Waals surface area contributed by atoms with Crippen molar-refractivity contribution in [3.63, 3.8) is 0 Å². The molecule has 0 fully saturated rings. The van der Waals surface area contributed by atoms with Crippen molar-refractivity contribution in [2.75, 3.05) is 0 Å². The van der Waals surface area contributed by atoms with E-state index < -0.39 is 11.5 Å². The number of hydrogen-bond donors (Lipinski definition) is 1. The normalized spacial score (nSPS) is 10.5. The summed E-state index contributed by atoms with van der Waals surface area (Å²) in [5, 5.41) is 0.775. The Labute approximate surface area is 85.3 Å². The largest absolute Gasteiger partial charge is 0.423 e. The van der Waals surface area contributed by atoms with Gasteiger partial charge >= 0.3 is 5.63 Å². The monoisotopic (exact) mass is 203 g/mol. The Hall–Kier alpha value is -2.10. The molecule has 2 N–H and O–H groups in total. The lowest BCUT2D eigenvalue weighted by atomic mass is 10.1. The van der Waals surface area contributed by atoms with Crippen LogP contribution in [-0.2, 0) is 0 Å². The predicted molar refractivity (Wildman–Crippen MR) is 55.7 cm³/mol. The minimum Gasteiger partial charge on any atom is -0.423 e. The summed E-state index contributed by atoms with van der Waals surface area (Å²) >= 11 is 0. The highest BCUT2D eigenvalue weighted by Crippen LogP contribution is 2.14. The van der Waals surface area contributed by atoms with Gasteiger partial charge in [-0.1, -0.05) is 6.07 Å². The van der Waals surface area contributed by atoms with Gasteiger partial charge in [0.15, 0.2) is 0 Å². The molecule has 0 atom stereocenters. The second-order valence-corrected chi connectivity index (χ2v) is 3.33. The zero-order valence-electron chi connectivity index (χ0n) is 8.11. The highest BCUT2D eigenvalue weighted by atomic mass is 16.4. The van der Waals surface area contributed by atoms with Gasteiger partial charge < -0.3 is 10.2 Å². The average Bonchev–Trinajstić information content (AvgIpc) is 2.19. The van der Waals surface area contributed by atoms with Crippen LogP contribution >= 0.6 is 0 Å². The molecule has 0 radical (unpaired) electrons. The van der Waals surface area contributed by atoms with Crippen molar-refractivity contribution in [3.8, 4) is 0 Å². The number of hydrogen-bond acceptors (Lipinski definition) is 3. The molecule has 4 nitrogen and oxygen atoms in total. The maximum atomic E-state index is 11.2. The highest BCUT2D eigenvalue weighted by molar-refractivity contribution is 5.96. The van der Waals surface area contributed by atoms with Gasteiger partial charge in [0.25, 0.3) is 0 Å². The van der Waals surface area contributed by atoms with Crippen LogP contribution in [0.5, 0.6) is 0 Å². The number of carbonyl (C=O) groups excluding carboxylic acids is 1. The van der Waals surface area contributed by atoms with Crippen molar-refractivity contribution in [1.82, 2.24) is 0 Å². The maximum Gasteiger partial charge on any atom is 0.339 e. The predicted octanol–water partition coefficient (Wildman–Crippen LogP) is 1.20. The molecule has 76 valence electrons. The number of amides is 1. The first-order valence-corrected chi connectivity index (χ1v) is 4.42. The number of aryl methyl sites for hydroxylation is 1. The SMILES string of the molecule is Cc1cc2ccc(C(N)=O)cc2oc1=O. The number of rotatable bonds is 1. The Morgan fingerprint density at radius 3 is 2.73 bits per heavy atom. The molecule has 15 heavy (non-hydrogen) atoms. The van der Waals surface area contributed by atoms with Crippen LogP contribution in [0.2, 0.25) is 0 Å². The van der Waals surface area contributed by atoms with E-state index in [0.29, 0.717) is 16.7 Å². The van der Waals surface area contributed by atoms with Crippen LogP contribution in [0.3, 0.4) is 0 Å². The lowest BCUT2D eigenvalue weighted by Gasteiger charge is -1.99. The average molecular weight is 203 g/mol. The lowest BCUT2D eigenvalue weighted by molar-refractivity contribution is 0.100. The van der Waals surface area contributed by atoms with Crippen LogP contribution in [0, 0.1) is 6.92 Å². The van der Waals surface area contributed by atoms with Gasteiger partial charge in [-0.25, -0.2) is 4.79 Å². The molecule has 2 rings (SSSR count). The molecular weight excluding hydrogens is 194 g/mol. The molecule has 1 aromatic carbocycles. The third kappa shape index (κ3) is 1.61. The van der Waals surface area contributed by atoms with E-state index in [1.165, 1.54) is 6.07 Å². The Balaban J connectivity index is 2.77. The van der Waals surface area contributed by atoms with E-state index in [-0.39, 0.29) is 0 Å². The lowest BCUT2D eigenvalue weighted by Crippen LogP contribution is -2.11. The number of benzene rings is 1. The van der Waals surface area contributed by atoms with Gasteiger partial charge in [-0.05, 0) is 25.1 Å². The van der Waals surface area contributed by atoms with E-state index >= 15 is 0 Å². The third-order valence-corrected chi connectivity index (χ3v) is 2.19. The molecule has 0 aliphatic heterocycles. The van der Waals surface area contributed by atoms with E-state index in [4.69, 9.17) is 10.2 Å². The van der Waals surface area contributed by atoms with E-state index in [0.717, 1.165) is 5.39 Å². The van der Waals surface area contributed by atoms with E-state index in [9.17, 15) is 9.59 Å². The van der Waals surface area contributed by atoms with Crippen LogP contribution in [0.15, 0.2) is 33.5 Å². The van der Waals surface area contributed by atoms with Crippen molar-refractivity contribution in [2.24, 2.45) is 5.73 Å². The first-order chi connectivity index (χ1) is 7.08. The molecule has 1 amide bonds. The molecule has 0 spiro atoms. The Morgan fingerprint density at radius 1 is 1.33 bits per heavy atom. The summed E-state index contributed by atoms with van der Waals surface area (Å²) in [6.45, 7) is 1.67. The quantitative estimate of drug-likeness (QED) is 0.707. The topological polar surface area (TPSA) is 73.3 Å². The van der Waals surface area contributed by atoms with Crippen molar-refractivity contribution in [3.05, 3.63) is 45.8 Å². The molecule has 2 aromatic rings. The summed E-state index contributed by atoms with van der Waals surface area (Å²) in [6.07, 6.45) is 0. The van der Waals surface area contributed by atoms with Crippen LogP contribution in [0.4, 0.5) is 0 Å². The van der Waals surface area contributed by atoms with Crippen molar-refractivity contribution in [2.45, 2.75) is 6.92 Å². The molecule has 0 bridgehead atoms. The molecule has 0 saturated carbocycles. The molecule has 0 aliphatic rings. The van der Waals surface area contributed by atoms with Crippen LogP contribution < -0.4 is 11.4 Å². The molecule has 1 aromatic heterocycles. The second-order valence-electron chi connectivity index (χ2n) is 3.33. The molecule has 0 aliphatic carbocycles. The fourth-order valence-electron chi connectivity index (χ4n) is 1.37. The standard InChI is InChI=1S/C11H9NO3/c1-6-4-7-2-3-8(10(12)13)5-9(7)15-11(6)14/h2-5H,1H3,(H2,12,13). The summed E-state index contributed by atoms with van der Waals surface area (Å²) in [5.74, 6) is -0.542. The second kappa shape index (κ2) is 3.24. The van der Waals surface area contributed by atoms with Crippen molar-refractivity contribution < 1.29 is 9.21 Å². The van der Waals surface area contributed by atoms with Gasteiger partial charge in [0, 0.05) is 16.5 Å². The summed E-state index contributed by atoms with van der Waals surface area (Å²) in [5.41, 5.74) is 5.96.